The van der Waals surface area contributed by atoms with E-state index in [1.165, 1.54) is 12.8 Å². The monoisotopic (exact) mass is 141 g/mol. The first-order valence-electron chi connectivity index (χ1n) is 4.05. The van der Waals surface area contributed by atoms with Crippen molar-refractivity contribution >= 4 is 5.91 Å². The normalized spacial score (nSPS) is 20.5. The van der Waals surface area contributed by atoms with Crippen LogP contribution in [0.25, 0.3) is 0 Å². The molecule has 0 heterocycles. The molecule has 2 heteroatoms. The van der Waals surface area contributed by atoms with Crippen molar-refractivity contribution in [1.82, 2.24) is 0 Å². The maximum absolute atomic E-state index is 10.8. The Hall–Kier alpha value is -0.530. The quantitative estimate of drug-likeness (QED) is 0.630. The molecule has 0 radical (unpaired) electrons. The van der Waals surface area contributed by atoms with Gasteiger partial charge in [0.05, 0.1) is 0 Å². The fraction of sp³-hybridized carbons (Fsp3) is 0.875. The Morgan fingerprint density at radius 1 is 1.70 bits per heavy atom. The van der Waals surface area contributed by atoms with Gasteiger partial charge in [0.15, 0.2) is 0 Å². The number of primary amides is 1. The molecular weight excluding hydrogens is 126 g/mol. The molecule has 1 fully saturated rings. The van der Waals surface area contributed by atoms with Crippen molar-refractivity contribution in [2.45, 2.75) is 32.6 Å². The molecule has 1 rings (SSSR count). The summed E-state index contributed by atoms with van der Waals surface area (Å²) in [6.07, 6.45) is 4.49. The van der Waals surface area contributed by atoms with Gasteiger partial charge in [0.2, 0.25) is 5.91 Å². The van der Waals surface area contributed by atoms with Gasteiger partial charge in [-0.3, -0.25) is 4.79 Å². The summed E-state index contributed by atoms with van der Waals surface area (Å²) in [5, 5.41) is 0. The van der Waals surface area contributed by atoms with Gasteiger partial charge in [0, 0.05) is 5.92 Å². The van der Waals surface area contributed by atoms with Crippen LogP contribution < -0.4 is 5.73 Å². The van der Waals surface area contributed by atoms with Crippen LogP contribution in [0.5, 0.6) is 0 Å². The van der Waals surface area contributed by atoms with Crippen molar-refractivity contribution in [2.75, 3.05) is 0 Å². The second-order valence-electron chi connectivity index (χ2n) is 3.13. The molecule has 0 saturated heterocycles. The van der Waals surface area contributed by atoms with E-state index >= 15 is 0 Å². The molecule has 0 bridgehead atoms. The van der Waals surface area contributed by atoms with Gasteiger partial charge in [-0.25, -0.2) is 0 Å². The summed E-state index contributed by atoms with van der Waals surface area (Å²) in [6, 6.07) is 0. The minimum absolute atomic E-state index is 0.0932. The van der Waals surface area contributed by atoms with Crippen LogP contribution in [0.15, 0.2) is 0 Å². The number of carbonyl (C=O) groups is 1. The fourth-order valence-corrected chi connectivity index (χ4v) is 1.42. The number of carbonyl (C=O) groups excluding carboxylic acids is 1. The summed E-state index contributed by atoms with van der Waals surface area (Å²) >= 11 is 0. The topological polar surface area (TPSA) is 43.1 Å². The molecule has 1 amide bonds. The SMILES string of the molecule is CCCC(C(N)=O)C1CC1. The van der Waals surface area contributed by atoms with Crippen LogP contribution in [0.4, 0.5) is 0 Å². The van der Waals surface area contributed by atoms with E-state index in [0.29, 0.717) is 5.92 Å². The number of hydrogen-bond acceptors (Lipinski definition) is 1. The maximum atomic E-state index is 10.8. The van der Waals surface area contributed by atoms with Crippen molar-refractivity contribution in [3.05, 3.63) is 0 Å². The minimum Gasteiger partial charge on any atom is -0.369 e. The first kappa shape index (κ1) is 7.58. The lowest BCUT2D eigenvalue weighted by atomic mass is 9.98. The first-order chi connectivity index (χ1) is 4.75. The van der Waals surface area contributed by atoms with E-state index in [-0.39, 0.29) is 11.8 Å². The van der Waals surface area contributed by atoms with Gasteiger partial charge in [-0.05, 0) is 25.2 Å². The number of hydrogen-bond donors (Lipinski definition) is 1. The molecular formula is C8H15NO. The minimum atomic E-state index is -0.0932. The summed E-state index contributed by atoms with van der Waals surface area (Å²) in [5.74, 6) is 0.729. The van der Waals surface area contributed by atoms with Gasteiger partial charge in [0.1, 0.15) is 0 Å². The smallest absolute Gasteiger partial charge is 0.220 e. The van der Waals surface area contributed by atoms with E-state index < -0.39 is 0 Å². The summed E-state index contributed by atoms with van der Waals surface area (Å²) in [6.45, 7) is 2.10. The molecule has 1 saturated carbocycles. The van der Waals surface area contributed by atoms with Crippen LogP contribution in [-0.4, -0.2) is 5.91 Å². The molecule has 0 spiro atoms. The number of amides is 1. The standard InChI is InChI=1S/C8H15NO/c1-2-3-7(8(9)10)6-4-5-6/h6-7H,2-5H2,1H3,(H2,9,10). The zero-order valence-corrected chi connectivity index (χ0v) is 6.47. The Bertz CT molecular complexity index is 129. The van der Waals surface area contributed by atoms with E-state index in [1.54, 1.807) is 0 Å². The average Bonchev–Trinajstić information content (AvgIpc) is 2.63. The van der Waals surface area contributed by atoms with Gasteiger partial charge in [-0.1, -0.05) is 13.3 Å². The fourth-order valence-electron chi connectivity index (χ4n) is 1.42. The predicted octanol–water partition coefficient (Wildman–Crippen LogP) is 1.30. The molecule has 1 unspecified atom stereocenters. The van der Waals surface area contributed by atoms with Crippen LogP contribution >= 0.6 is 0 Å². The lowest BCUT2D eigenvalue weighted by Crippen LogP contribution is -2.24. The Balaban J connectivity index is 2.34. The van der Waals surface area contributed by atoms with Crippen LogP contribution in [-0.2, 0) is 4.79 Å². The first-order valence-corrected chi connectivity index (χ1v) is 4.05. The number of nitrogens with two attached hydrogens (primary N) is 1. The van der Waals surface area contributed by atoms with Crippen molar-refractivity contribution in [3.63, 3.8) is 0 Å². The Morgan fingerprint density at radius 2 is 2.30 bits per heavy atom. The van der Waals surface area contributed by atoms with E-state index in [0.717, 1.165) is 12.8 Å². The molecule has 0 aromatic rings. The third-order valence-electron chi connectivity index (χ3n) is 2.16. The van der Waals surface area contributed by atoms with E-state index in [4.69, 9.17) is 5.73 Å². The molecule has 1 aliphatic rings. The molecule has 2 N–H and O–H groups in total. The lowest BCUT2D eigenvalue weighted by molar-refractivity contribution is -0.122. The number of rotatable bonds is 4. The van der Waals surface area contributed by atoms with Crippen LogP contribution in [0.3, 0.4) is 0 Å². The van der Waals surface area contributed by atoms with Gasteiger partial charge in [0.25, 0.3) is 0 Å². The summed E-state index contributed by atoms with van der Waals surface area (Å²) < 4.78 is 0. The molecule has 10 heavy (non-hydrogen) atoms. The highest BCUT2D eigenvalue weighted by Crippen LogP contribution is 2.38. The predicted molar refractivity (Wildman–Crippen MR) is 40.3 cm³/mol. The largest absolute Gasteiger partial charge is 0.369 e. The van der Waals surface area contributed by atoms with E-state index in [2.05, 4.69) is 6.92 Å². The van der Waals surface area contributed by atoms with Crippen molar-refractivity contribution in [2.24, 2.45) is 17.6 Å². The maximum Gasteiger partial charge on any atom is 0.220 e. The van der Waals surface area contributed by atoms with Crippen LogP contribution in [0, 0.1) is 11.8 Å². The van der Waals surface area contributed by atoms with Crippen molar-refractivity contribution in [1.29, 1.82) is 0 Å². The van der Waals surface area contributed by atoms with Gasteiger partial charge >= 0.3 is 0 Å². The zero-order chi connectivity index (χ0) is 7.56. The van der Waals surface area contributed by atoms with Gasteiger partial charge < -0.3 is 5.73 Å². The zero-order valence-electron chi connectivity index (χ0n) is 6.47. The molecule has 58 valence electrons. The molecule has 1 aliphatic carbocycles. The summed E-state index contributed by atoms with van der Waals surface area (Å²) in [7, 11) is 0. The second kappa shape index (κ2) is 3.04. The van der Waals surface area contributed by atoms with Gasteiger partial charge in [-0.2, -0.15) is 0 Å². The molecule has 0 aliphatic heterocycles. The third kappa shape index (κ3) is 1.72. The lowest BCUT2D eigenvalue weighted by Gasteiger charge is -2.08. The Kier molecular flexibility index (Phi) is 2.30. The average molecular weight is 141 g/mol. The van der Waals surface area contributed by atoms with E-state index in [9.17, 15) is 4.79 Å². The van der Waals surface area contributed by atoms with Crippen molar-refractivity contribution < 1.29 is 4.79 Å². The highest BCUT2D eigenvalue weighted by molar-refractivity contribution is 5.77. The molecule has 1 atom stereocenters. The molecule has 2 nitrogen and oxygen atoms in total. The summed E-state index contributed by atoms with van der Waals surface area (Å²) in [5.41, 5.74) is 5.22. The Morgan fingerprint density at radius 3 is 2.60 bits per heavy atom. The molecule has 0 aromatic carbocycles. The molecule has 0 aromatic heterocycles. The third-order valence-corrected chi connectivity index (χ3v) is 2.16. The van der Waals surface area contributed by atoms with Gasteiger partial charge in [-0.15, -0.1) is 0 Å². The highest BCUT2D eigenvalue weighted by Gasteiger charge is 2.33. The highest BCUT2D eigenvalue weighted by atomic mass is 16.1. The van der Waals surface area contributed by atoms with E-state index in [1.807, 2.05) is 0 Å². The Labute approximate surface area is 61.8 Å². The van der Waals surface area contributed by atoms with Crippen LogP contribution in [0.1, 0.15) is 32.6 Å². The van der Waals surface area contributed by atoms with Crippen LogP contribution in [0.2, 0.25) is 0 Å². The second-order valence-corrected chi connectivity index (χ2v) is 3.13. The van der Waals surface area contributed by atoms with Crippen molar-refractivity contribution in [3.8, 4) is 0 Å². The summed E-state index contributed by atoms with van der Waals surface area (Å²) in [4.78, 5) is 10.8.